The summed E-state index contributed by atoms with van der Waals surface area (Å²) in [5, 5.41) is 0. The van der Waals surface area contributed by atoms with E-state index >= 15 is 0 Å². The van der Waals surface area contributed by atoms with Gasteiger partial charge in [-0.25, -0.2) is 0 Å². The van der Waals surface area contributed by atoms with Crippen LogP contribution in [0.2, 0.25) is 0 Å². The van der Waals surface area contributed by atoms with Crippen LogP contribution in [-0.2, 0) is 16.5 Å². The Morgan fingerprint density at radius 2 is 2.86 bits per heavy atom. The molecule has 7 heavy (non-hydrogen) atoms. The molecule has 0 saturated carbocycles. The second kappa shape index (κ2) is 6.50. The first kappa shape index (κ1) is 5.64. The lowest BCUT2D eigenvalue weighted by Crippen LogP contribution is -2.08. The number of nitrogens with two attached hydrogens (primary N) is 1. The standard InChI is InChI=1S/C2H7BNOPS/c4-1-2-5-3-6-7/h3H,1-2,4H2/i3D. The minimum Gasteiger partial charge on any atom is -0.428 e. The van der Waals surface area contributed by atoms with Gasteiger partial charge >= 0.3 is 7.17 Å². The fraction of sp³-hybridized carbons (Fsp3) is 1.00. The van der Waals surface area contributed by atoms with Crippen molar-refractivity contribution in [2.75, 3.05) is 13.2 Å². The smallest absolute Gasteiger partial charge is 0.346 e. The van der Waals surface area contributed by atoms with E-state index in [0.29, 0.717) is 20.4 Å². The summed E-state index contributed by atoms with van der Waals surface area (Å²) in [6.45, 7) is 0.887. The molecule has 0 aliphatic heterocycles. The first-order chi connectivity index (χ1) is 3.81. The van der Waals surface area contributed by atoms with Crippen LogP contribution in [0.5, 0.6) is 0 Å². The van der Waals surface area contributed by atoms with Crippen molar-refractivity contribution in [3.8, 4) is 0 Å². The maximum atomic E-state index is 6.93. The molecule has 0 unspecified atom stereocenters. The van der Waals surface area contributed by atoms with Crippen LogP contribution >= 0.6 is 7.23 Å². The summed E-state index contributed by atoms with van der Waals surface area (Å²) < 4.78 is 11.7. The van der Waals surface area contributed by atoms with Crippen molar-refractivity contribution in [2.24, 2.45) is 5.73 Å². The van der Waals surface area contributed by atoms with Crippen molar-refractivity contribution in [3.05, 3.63) is 0 Å². The van der Waals surface area contributed by atoms with E-state index in [2.05, 4.69) is 11.8 Å². The molecule has 0 aliphatic rings. The maximum absolute atomic E-state index is 6.93. The molecule has 0 saturated heterocycles. The van der Waals surface area contributed by atoms with E-state index in [-0.39, 0.29) is 0 Å². The highest BCUT2D eigenvalue weighted by Crippen LogP contribution is 1.85. The average molecular weight is 136 g/mol. The van der Waals surface area contributed by atoms with Crippen LogP contribution in [0, 0.1) is 0 Å². The summed E-state index contributed by atoms with van der Waals surface area (Å²) in [4.78, 5) is 0. The topological polar surface area (TPSA) is 35.2 Å². The Labute approximate surface area is 51.8 Å². The van der Waals surface area contributed by atoms with Crippen molar-refractivity contribution in [2.45, 2.75) is 0 Å². The Hall–Kier alpha value is 0.505. The molecule has 2 nitrogen and oxygen atoms in total. The van der Waals surface area contributed by atoms with Crippen molar-refractivity contribution in [1.82, 2.24) is 0 Å². The summed E-state index contributed by atoms with van der Waals surface area (Å²) in [5.74, 6) is 0. The van der Waals surface area contributed by atoms with Crippen LogP contribution < -0.4 is 5.73 Å². The first-order valence-corrected chi connectivity index (χ1v) is 3.85. The van der Waals surface area contributed by atoms with Gasteiger partial charge in [-0.05, 0) is 7.23 Å². The minimum atomic E-state index is -0.589. The van der Waals surface area contributed by atoms with Crippen LogP contribution in [0.25, 0.3) is 0 Å². The molecule has 0 radical (unpaired) electrons. The Morgan fingerprint density at radius 3 is 3.29 bits per heavy atom. The fourth-order valence-corrected chi connectivity index (χ4v) is 0.500. The van der Waals surface area contributed by atoms with Crippen LogP contribution in [0.15, 0.2) is 0 Å². The zero-order valence-corrected chi connectivity index (χ0v) is 5.54. The van der Waals surface area contributed by atoms with E-state index in [9.17, 15) is 0 Å². The molecule has 0 aromatic rings. The van der Waals surface area contributed by atoms with E-state index in [1.807, 2.05) is 0 Å². The van der Waals surface area contributed by atoms with Crippen LogP contribution in [0.4, 0.5) is 0 Å². The normalized spacial score (nSPS) is 11.3. The quantitative estimate of drug-likeness (QED) is 0.423. The second-order valence-corrected chi connectivity index (χ2v) is 1.92. The van der Waals surface area contributed by atoms with E-state index < -0.39 is 7.17 Å². The first-order valence-electron chi connectivity index (χ1n) is 2.45. The van der Waals surface area contributed by atoms with Gasteiger partial charge in [-0.3, -0.25) is 0 Å². The maximum Gasteiger partial charge on any atom is 0.346 e. The molecule has 0 aromatic heterocycles. The lowest BCUT2D eigenvalue weighted by Gasteiger charge is -1.90. The van der Waals surface area contributed by atoms with Gasteiger partial charge in [0.25, 0.3) is 0 Å². The Balaban J connectivity index is 2.98. The number of hydrogen-bond donors (Lipinski definition) is 1. The largest absolute Gasteiger partial charge is 0.428 e. The minimum absolute atomic E-state index is 0.428. The molecule has 0 amide bonds. The van der Waals surface area contributed by atoms with Gasteiger partial charge in [0, 0.05) is 14.5 Å². The SMILES string of the molecule is [2H]B(OCCN)P=S. The highest BCUT2D eigenvalue weighted by molar-refractivity contribution is 8.08. The highest BCUT2D eigenvalue weighted by atomic mass is 32.4. The van der Waals surface area contributed by atoms with Crippen LogP contribution in [-0.4, -0.2) is 21.7 Å². The predicted octanol–water partition coefficient (Wildman–Crippen LogP) is -0.364. The summed E-state index contributed by atoms with van der Waals surface area (Å²) in [6, 6.07) is 0. The zero-order valence-electron chi connectivity index (χ0n) is 4.83. The number of hydrogen-bond acceptors (Lipinski definition) is 3. The molecule has 2 N–H and O–H groups in total. The second-order valence-electron chi connectivity index (χ2n) is 0.870. The third-order valence-electron chi connectivity index (χ3n) is 0.353. The van der Waals surface area contributed by atoms with Crippen LogP contribution in [0.1, 0.15) is 0 Å². The molecule has 0 spiro atoms. The third kappa shape index (κ3) is 6.50. The van der Waals surface area contributed by atoms with Crippen molar-refractivity contribution in [1.29, 1.82) is 1.34 Å². The highest BCUT2D eigenvalue weighted by Gasteiger charge is 1.80. The molecular formula is C2H7BNOPS. The average Bonchev–Trinajstić information content (AvgIpc) is 1.83. The number of rotatable bonds is 4. The monoisotopic (exact) mass is 136 g/mol. The van der Waals surface area contributed by atoms with Gasteiger partial charge in [-0.15, -0.1) is 0 Å². The van der Waals surface area contributed by atoms with Gasteiger partial charge < -0.3 is 10.4 Å². The molecule has 0 bridgehead atoms. The lowest BCUT2D eigenvalue weighted by atomic mass is 10.5. The summed E-state index contributed by atoms with van der Waals surface area (Å²) in [5.41, 5.74) is 5.09. The summed E-state index contributed by atoms with van der Waals surface area (Å²) >= 11 is 4.51. The molecular weight excluding hydrogens is 128 g/mol. The van der Waals surface area contributed by atoms with Gasteiger partial charge in [0.2, 0.25) is 0 Å². The van der Waals surface area contributed by atoms with E-state index in [1.165, 1.54) is 0 Å². The molecule has 0 heterocycles. The van der Waals surface area contributed by atoms with Gasteiger partial charge in [-0.2, -0.15) is 0 Å². The van der Waals surface area contributed by atoms with Gasteiger partial charge in [0.15, 0.2) is 0 Å². The Kier molecular flexibility index (Phi) is 5.24. The Morgan fingerprint density at radius 1 is 2.14 bits per heavy atom. The zero-order chi connectivity index (χ0) is 6.41. The van der Waals surface area contributed by atoms with Gasteiger partial charge in [0.05, 0.1) is 0 Å². The molecule has 0 aromatic carbocycles. The summed E-state index contributed by atoms with van der Waals surface area (Å²) in [6.07, 6.45) is 0. The molecule has 0 atom stereocenters. The molecule has 5 heteroatoms. The molecule has 0 fully saturated rings. The van der Waals surface area contributed by atoms with Gasteiger partial charge in [0.1, 0.15) is 0 Å². The molecule has 0 rings (SSSR count). The third-order valence-corrected chi connectivity index (χ3v) is 0.847. The van der Waals surface area contributed by atoms with E-state index in [1.54, 1.807) is 0 Å². The van der Waals surface area contributed by atoms with E-state index in [0.717, 1.165) is 0 Å². The van der Waals surface area contributed by atoms with Crippen molar-refractivity contribution >= 4 is 26.2 Å². The lowest BCUT2D eigenvalue weighted by molar-refractivity contribution is 0.357. The Bertz CT molecular complexity index is 77.1. The van der Waals surface area contributed by atoms with Crippen molar-refractivity contribution < 1.29 is 4.65 Å². The van der Waals surface area contributed by atoms with Gasteiger partial charge in [-0.1, -0.05) is 11.8 Å². The van der Waals surface area contributed by atoms with Crippen molar-refractivity contribution in [3.63, 3.8) is 0 Å². The predicted molar refractivity (Wildman–Crippen MR) is 36.4 cm³/mol. The summed E-state index contributed by atoms with van der Waals surface area (Å²) in [7, 11) is -0.0640. The fourth-order valence-electron chi connectivity index (χ4n) is 0.151. The molecule has 40 valence electrons. The van der Waals surface area contributed by atoms with Crippen LogP contribution in [0.3, 0.4) is 0 Å². The molecule has 0 aliphatic carbocycles. The van der Waals surface area contributed by atoms with E-state index in [4.69, 9.17) is 11.7 Å².